The molecule has 11 heteroatoms. The van der Waals surface area contributed by atoms with Gasteiger partial charge in [0.1, 0.15) is 12.7 Å². The van der Waals surface area contributed by atoms with Gasteiger partial charge < -0.3 is 14.2 Å². The number of ether oxygens (including phenoxy) is 3. The molecular formula is C21H20F2O8S. The average Bonchev–Trinajstić information content (AvgIpc) is 2.96. The summed E-state index contributed by atoms with van der Waals surface area (Å²) >= 11 is 0. The van der Waals surface area contributed by atoms with Crippen molar-refractivity contribution in [3.63, 3.8) is 0 Å². The molecule has 1 saturated heterocycles. The van der Waals surface area contributed by atoms with Crippen LogP contribution in [0.1, 0.15) is 22.8 Å². The van der Waals surface area contributed by atoms with Gasteiger partial charge in [-0.3, -0.25) is 4.79 Å². The average molecular weight is 470 g/mol. The van der Waals surface area contributed by atoms with Crippen LogP contribution in [-0.2, 0) is 33.3 Å². The second-order valence-electron chi connectivity index (χ2n) is 7.04. The zero-order valence-corrected chi connectivity index (χ0v) is 17.9. The van der Waals surface area contributed by atoms with Crippen LogP contribution in [0.2, 0.25) is 0 Å². The van der Waals surface area contributed by atoms with Crippen LogP contribution in [0.25, 0.3) is 0 Å². The van der Waals surface area contributed by atoms with Crippen LogP contribution >= 0.6 is 0 Å². The van der Waals surface area contributed by atoms with Crippen LogP contribution in [-0.4, -0.2) is 51.4 Å². The molecule has 1 heterocycles. The van der Waals surface area contributed by atoms with E-state index in [1.807, 2.05) is 0 Å². The largest absolute Gasteiger partial charge is 0.463 e. The Morgan fingerprint density at radius 2 is 1.69 bits per heavy atom. The van der Waals surface area contributed by atoms with Gasteiger partial charge in [0.05, 0.1) is 10.5 Å². The molecule has 0 aliphatic carbocycles. The van der Waals surface area contributed by atoms with Crippen molar-refractivity contribution in [2.24, 2.45) is 0 Å². The molecule has 0 N–H and O–H groups in total. The summed E-state index contributed by atoms with van der Waals surface area (Å²) in [6.07, 6.45) is -6.55. The molecule has 0 saturated carbocycles. The second-order valence-corrected chi connectivity index (χ2v) is 8.61. The number of aryl methyl sites for hydroxylation is 1. The summed E-state index contributed by atoms with van der Waals surface area (Å²) in [5.41, 5.74) is 0.743. The zero-order chi connectivity index (χ0) is 23.5. The molecule has 1 fully saturated rings. The van der Waals surface area contributed by atoms with Crippen molar-refractivity contribution in [2.75, 3.05) is 6.61 Å². The molecule has 3 atom stereocenters. The summed E-state index contributed by atoms with van der Waals surface area (Å²) in [5, 5.41) is 0. The predicted octanol–water partition coefficient (Wildman–Crippen LogP) is 2.85. The maximum absolute atomic E-state index is 15.1. The number of alkyl halides is 2. The van der Waals surface area contributed by atoms with Crippen molar-refractivity contribution in [1.29, 1.82) is 0 Å². The number of benzene rings is 2. The Hall–Kier alpha value is -2.89. The first-order chi connectivity index (χ1) is 15.0. The molecule has 2 aromatic carbocycles. The monoisotopic (exact) mass is 470 g/mol. The Morgan fingerprint density at radius 3 is 2.28 bits per heavy atom. The van der Waals surface area contributed by atoms with Crippen LogP contribution in [0.4, 0.5) is 8.78 Å². The van der Waals surface area contributed by atoms with Gasteiger partial charge in [-0.15, -0.1) is 0 Å². The maximum atomic E-state index is 15.1. The smallest absolute Gasteiger partial charge is 0.338 e. The second kappa shape index (κ2) is 9.31. The highest BCUT2D eigenvalue weighted by atomic mass is 32.2. The van der Waals surface area contributed by atoms with Crippen molar-refractivity contribution < 1.29 is 45.2 Å². The fourth-order valence-corrected chi connectivity index (χ4v) is 3.89. The maximum Gasteiger partial charge on any atom is 0.338 e. The van der Waals surface area contributed by atoms with Crippen molar-refractivity contribution in [2.45, 2.75) is 43.2 Å². The minimum absolute atomic E-state index is 0.00817. The SMILES string of the molecule is CC(=O)OC[C@H]1OC(OS(=O)(=O)c2ccc(C)cc2)C(F)(F)[C@@H]1OC(=O)c1ccccc1. The van der Waals surface area contributed by atoms with Crippen LogP contribution < -0.4 is 0 Å². The molecule has 32 heavy (non-hydrogen) atoms. The van der Waals surface area contributed by atoms with Crippen molar-refractivity contribution in [3.8, 4) is 0 Å². The highest BCUT2D eigenvalue weighted by Gasteiger charge is 2.64. The summed E-state index contributed by atoms with van der Waals surface area (Å²) in [4.78, 5) is 23.1. The third-order valence-electron chi connectivity index (χ3n) is 4.55. The normalized spacial score (nSPS) is 22.3. The van der Waals surface area contributed by atoms with E-state index < -0.39 is 53.1 Å². The van der Waals surface area contributed by atoms with E-state index in [9.17, 15) is 18.0 Å². The Balaban J connectivity index is 1.85. The summed E-state index contributed by atoms with van der Waals surface area (Å²) in [5.74, 6) is -5.96. The van der Waals surface area contributed by atoms with Gasteiger partial charge in [0.25, 0.3) is 10.1 Å². The topological polar surface area (TPSA) is 105 Å². The van der Waals surface area contributed by atoms with Gasteiger partial charge in [-0.25, -0.2) is 8.98 Å². The third-order valence-corrected chi connectivity index (χ3v) is 5.83. The highest BCUT2D eigenvalue weighted by molar-refractivity contribution is 7.86. The number of carbonyl (C=O) groups excluding carboxylic acids is 2. The van der Waals surface area contributed by atoms with Crippen molar-refractivity contribution in [1.82, 2.24) is 0 Å². The van der Waals surface area contributed by atoms with Gasteiger partial charge in [-0.2, -0.15) is 17.2 Å². The molecule has 0 aromatic heterocycles. The van der Waals surface area contributed by atoms with Gasteiger partial charge in [0.2, 0.25) is 12.4 Å². The van der Waals surface area contributed by atoms with Gasteiger partial charge in [0.15, 0.2) is 0 Å². The number of hydrogen-bond donors (Lipinski definition) is 0. The standard InChI is InChI=1S/C21H20F2O8S/c1-13-8-10-16(11-9-13)32(26,27)31-20-21(22,23)18(17(29-20)12-28-14(2)24)30-19(25)15-6-4-3-5-7-15/h3-11,17-18,20H,12H2,1-2H3/t17-,18-,20?/m1/s1. The molecular weight excluding hydrogens is 450 g/mol. The van der Waals surface area contributed by atoms with E-state index in [0.29, 0.717) is 0 Å². The summed E-state index contributed by atoms with van der Waals surface area (Å²) in [7, 11) is -4.64. The van der Waals surface area contributed by atoms with E-state index in [-0.39, 0.29) is 10.5 Å². The quantitative estimate of drug-likeness (QED) is 0.449. The van der Waals surface area contributed by atoms with Crippen molar-refractivity contribution in [3.05, 3.63) is 65.7 Å². The summed E-state index contributed by atoms with van der Waals surface area (Å²) < 4.78 is 74.5. The van der Waals surface area contributed by atoms with E-state index in [2.05, 4.69) is 4.18 Å². The first-order valence-corrected chi connectivity index (χ1v) is 10.8. The molecule has 1 unspecified atom stereocenters. The summed E-state index contributed by atoms with van der Waals surface area (Å²) in [6, 6.07) is 12.7. The molecule has 172 valence electrons. The Kier molecular flexibility index (Phi) is 6.91. The molecule has 0 bridgehead atoms. The highest BCUT2D eigenvalue weighted by Crippen LogP contribution is 2.40. The fraction of sp³-hybridized carbons (Fsp3) is 0.333. The molecule has 0 spiro atoms. The molecule has 0 radical (unpaired) electrons. The van der Waals surface area contributed by atoms with Gasteiger partial charge >= 0.3 is 17.9 Å². The van der Waals surface area contributed by atoms with Crippen molar-refractivity contribution >= 4 is 22.1 Å². The minimum atomic E-state index is -4.64. The fourth-order valence-electron chi connectivity index (χ4n) is 2.90. The molecule has 0 amide bonds. The van der Waals surface area contributed by atoms with Gasteiger partial charge in [-0.1, -0.05) is 35.9 Å². The number of esters is 2. The van der Waals surface area contributed by atoms with E-state index in [1.165, 1.54) is 48.5 Å². The van der Waals surface area contributed by atoms with Crippen LogP contribution in [0.3, 0.4) is 0 Å². The van der Waals surface area contributed by atoms with Gasteiger partial charge in [0, 0.05) is 6.92 Å². The number of hydrogen-bond acceptors (Lipinski definition) is 8. The molecule has 1 aliphatic heterocycles. The number of rotatable bonds is 7. The number of halogens is 2. The van der Waals surface area contributed by atoms with E-state index >= 15 is 8.78 Å². The zero-order valence-electron chi connectivity index (χ0n) is 17.1. The van der Waals surface area contributed by atoms with E-state index in [0.717, 1.165) is 12.5 Å². The van der Waals surface area contributed by atoms with Crippen LogP contribution in [0.5, 0.6) is 0 Å². The minimum Gasteiger partial charge on any atom is -0.463 e. The van der Waals surface area contributed by atoms with Crippen LogP contribution in [0.15, 0.2) is 59.5 Å². The lowest BCUT2D eigenvalue weighted by atomic mass is 10.1. The lowest BCUT2D eigenvalue weighted by molar-refractivity contribution is -0.184. The Bertz CT molecular complexity index is 1070. The molecule has 8 nitrogen and oxygen atoms in total. The molecule has 1 aliphatic rings. The first kappa shape index (κ1) is 23.8. The molecule has 2 aromatic rings. The lowest BCUT2D eigenvalue weighted by Crippen LogP contribution is -2.45. The summed E-state index contributed by atoms with van der Waals surface area (Å²) in [6.45, 7) is 2.06. The predicted molar refractivity (Wildman–Crippen MR) is 105 cm³/mol. The number of carbonyl (C=O) groups is 2. The lowest BCUT2D eigenvalue weighted by Gasteiger charge is -2.23. The van der Waals surface area contributed by atoms with Crippen LogP contribution in [0, 0.1) is 6.92 Å². The van der Waals surface area contributed by atoms with E-state index in [1.54, 1.807) is 13.0 Å². The van der Waals surface area contributed by atoms with E-state index in [4.69, 9.17) is 14.2 Å². The third kappa shape index (κ3) is 5.29. The Labute approximate surface area is 183 Å². The molecule has 3 rings (SSSR count). The van der Waals surface area contributed by atoms with Gasteiger partial charge in [-0.05, 0) is 31.2 Å². The first-order valence-electron chi connectivity index (χ1n) is 9.43. The Morgan fingerprint density at radius 1 is 1.06 bits per heavy atom.